The van der Waals surface area contributed by atoms with Crippen LogP contribution in [0.25, 0.3) is 22.1 Å². The van der Waals surface area contributed by atoms with Gasteiger partial charge in [0.15, 0.2) is 5.65 Å². The molecule has 5 rings (SSSR count). The number of anilines is 2. The average Bonchev–Trinajstić information content (AvgIpc) is 3.04. The van der Waals surface area contributed by atoms with Crippen LogP contribution < -0.4 is 11.0 Å². The van der Waals surface area contributed by atoms with Crippen molar-refractivity contribution in [1.29, 1.82) is 5.26 Å². The summed E-state index contributed by atoms with van der Waals surface area (Å²) >= 11 is 0. The molecular weight excluding hydrogens is 394 g/mol. The molecule has 4 heterocycles. The minimum Gasteiger partial charge on any atom is -0.381 e. The highest BCUT2D eigenvalue weighted by Gasteiger charge is 2.38. The molecule has 0 aliphatic carbocycles. The van der Waals surface area contributed by atoms with E-state index in [0.717, 1.165) is 22.2 Å². The number of pyridine rings is 1. The normalized spacial score (nSPS) is 15.8. The van der Waals surface area contributed by atoms with E-state index >= 15 is 0 Å². The Balaban J connectivity index is 1.63. The summed E-state index contributed by atoms with van der Waals surface area (Å²) in [6.45, 7) is 2.84. The number of ether oxygens (including phenoxy) is 1. The quantitative estimate of drug-likeness (QED) is 0.548. The van der Waals surface area contributed by atoms with Gasteiger partial charge in [0.2, 0.25) is 5.95 Å². The molecule has 4 aromatic rings. The van der Waals surface area contributed by atoms with Gasteiger partial charge in [-0.3, -0.25) is 14.1 Å². The molecule has 3 aromatic heterocycles. The molecule has 1 N–H and O–H groups in total. The molecule has 9 heteroatoms. The molecule has 0 spiro atoms. The van der Waals surface area contributed by atoms with Crippen LogP contribution in [0.1, 0.15) is 18.4 Å². The van der Waals surface area contributed by atoms with E-state index in [-0.39, 0.29) is 5.69 Å². The van der Waals surface area contributed by atoms with Gasteiger partial charge in [-0.25, -0.2) is 9.78 Å². The molecule has 0 bridgehead atoms. The van der Waals surface area contributed by atoms with Gasteiger partial charge in [-0.15, -0.1) is 0 Å². The number of nitrogens with one attached hydrogen (secondary N) is 1. The van der Waals surface area contributed by atoms with Crippen LogP contribution in [0.15, 0.2) is 41.5 Å². The molecule has 31 heavy (non-hydrogen) atoms. The predicted octanol–water partition coefficient (Wildman–Crippen LogP) is 2.76. The molecule has 1 aliphatic rings. The zero-order valence-electron chi connectivity index (χ0n) is 17.3. The highest BCUT2D eigenvalue weighted by Crippen LogP contribution is 2.31. The average molecular weight is 415 g/mol. The van der Waals surface area contributed by atoms with E-state index in [9.17, 15) is 10.1 Å². The minimum atomic E-state index is -0.981. The number of aryl methyl sites for hydroxylation is 2. The van der Waals surface area contributed by atoms with Gasteiger partial charge >= 0.3 is 5.69 Å². The molecule has 0 unspecified atom stereocenters. The Bertz CT molecular complexity index is 1410. The van der Waals surface area contributed by atoms with Crippen LogP contribution in [0.3, 0.4) is 0 Å². The number of benzene rings is 1. The Morgan fingerprint density at radius 2 is 2.06 bits per heavy atom. The second-order valence-electron chi connectivity index (χ2n) is 7.82. The third kappa shape index (κ3) is 3.04. The fraction of sp³-hybridized carbons (Fsp3) is 0.318. The van der Waals surface area contributed by atoms with Crippen LogP contribution in [0, 0.1) is 18.3 Å². The van der Waals surface area contributed by atoms with Gasteiger partial charge in [0, 0.05) is 50.4 Å². The second kappa shape index (κ2) is 7.18. The van der Waals surface area contributed by atoms with Crippen molar-refractivity contribution in [3.05, 3.63) is 52.7 Å². The van der Waals surface area contributed by atoms with Crippen LogP contribution in [0.2, 0.25) is 0 Å². The van der Waals surface area contributed by atoms with E-state index < -0.39 is 5.54 Å². The predicted molar refractivity (Wildman–Crippen MR) is 116 cm³/mol. The molecule has 0 radical (unpaired) electrons. The number of aromatic nitrogens is 5. The molecule has 9 nitrogen and oxygen atoms in total. The first kappa shape index (κ1) is 19.2. The fourth-order valence-electron chi connectivity index (χ4n) is 4.13. The van der Waals surface area contributed by atoms with Crippen molar-refractivity contribution >= 4 is 33.7 Å². The monoisotopic (exact) mass is 415 g/mol. The summed E-state index contributed by atoms with van der Waals surface area (Å²) in [5.41, 5.74) is 2.52. The molecule has 1 fully saturated rings. The van der Waals surface area contributed by atoms with Crippen molar-refractivity contribution in [2.24, 2.45) is 7.05 Å². The molecule has 0 amide bonds. The number of imidazole rings is 1. The van der Waals surface area contributed by atoms with Crippen LogP contribution >= 0.6 is 0 Å². The van der Waals surface area contributed by atoms with Crippen LogP contribution in [-0.4, -0.2) is 37.3 Å². The standard InChI is InChI=1S/C22H21N7O2/c1-14-10-17-15(4-3-7-24-17)11-16(14)26-20-25-12-18-19(27-20)29(21(30)28(18)2)22(13-23)5-8-31-9-6-22/h3-4,7,10-12H,5-6,8-9H2,1-2H3,(H,25,26,27). The zero-order chi connectivity index (χ0) is 21.6. The van der Waals surface area contributed by atoms with E-state index in [0.29, 0.717) is 43.2 Å². The van der Waals surface area contributed by atoms with Crippen LogP contribution in [0.5, 0.6) is 0 Å². The summed E-state index contributed by atoms with van der Waals surface area (Å²) in [7, 11) is 1.67. The summed E-state index contributed by atoms with van der Waals surface area (Å²) in [6, 6.07) is 10.2. The van der Waals surface area contributed by atoms with E-state index in [4.69, 9.17) is 4.74 Å². The lowest BCUT2D eigenvalue weighted by Crippen LogP contribution is -2.44. The lowest BCUT2D eigenvalue weighted by atomic mass is 9.91. The van der Waals surface area contributed by atoms with E-state index in [1.165, 1.54) is 9.13 Å². The summed E-state index contributed by atoms with van der Waals surface area (Å²) in [4.78, 5) is 26.5. The van der Waals surface area contributed by atoms with E-state index in [2.05, 4.69) is 26.3 Å². The van der Waals surface area contributed by atoms with Gasteiger partial charge in [-0.2, -0.15) is 10.2 Å². The maximum atomic E-state index is 13.1. The number of fused-ring (bicyclic) bond motifs is 2. The molecule has 1 aliphatic heterocycles. The van der Waals surface area contributed by atoms with Gasteiger partial charge in [0.1, 0.15) is 11.1 Å². The van der Waals surface area contributed by atoms with Crippen molar-refractivity contribution in [3.63, 3.8) is 0 Å². The third-order valence-electron chi connectivity index (χ3n) is 5.95. The topological polar surface area (TPSA) is 111 Å². The highest BCUT2D eigenvalue weighted by molar-refractivity contribution is 5.85. The SMILES string of the molecule is Cc1cc2ncccc2cc1Nc1ncc2c(n1)n(C1(C#N)CCOCC1)c(=O)n2C. The van der Waals surface area contributed by atoms with Crippen molar-refractivity contribution in [1.82, 2.24) is 24.1 Å². The Kier molecular flexibility index (Phi) is 4.45. The van der Waals surface area contributed by atoms with E-state index in [1.807, 2.05) is 31.2 Å². The molecule has 156 valence electrons. The fourth-order valence-corrected chi connectivity index (χ4v) is 4.13. The Morgan fingerprint density at radius 3 is 2.84 bits per heavy atom. The molecule has 0 atom stereocenters. The number of nitrogens with zero attached hydrogens (tertiary/aromatic N) is 6. The molecular formula is C22H21N7O2. The first-order chi connectivity index (χ1) is 15.0. The zero-order valence-corrected chi connectivity index (χ0v) is 17.3. The largest absolute Gasteiger partial charge is 0.381 e. The number of hydrogen-bond acceptors (Lipinski definition) is 7. The van der Waals surface area contributed by atoms with Gasteiger partial charge in [-0.1, -0.05) is 6.07 Å². The van der Waals surface area contributed by atoms with Crippen molar-refractivity contribution in [2.45, 2.75) is 25.3 Å². The first-order valence-corrected chi connectivity index (χ1v) is 10.1. The van der Waals surface area contributed by atoms with Gasteiger partial charge < -0.3 is 10.1 Å². The van der Waals surface area contributed by atoms with Crippen molar-refractivity contribution in [2.75, 3.05) is 18.5 Å². The Labute approximate surface area is 177 Å². The summed E-state index contributed by atoms with van der Waals surface area (Å²) < 4.78 is 8.43. The van der Waals surface area contributed by atoms with Gasteiger partial charge in [0.05, 0.1) is 17.8 Å². The third-order valence-corrected chi connectivity index (χ3v) is 5.95. The summed E-state index contributed by atoms with van der Waals surface area (Å²) in [5, 5.41) is 14.3. The van der Waals surface area contributed by atoms with E-state index in [1.54, 1.807) is 19.4 Å². The second-order valence-corrected chi connectivity index (χ2v) is 7.82. The van der Waals surface area contributed by atoms with Crippen molar-refractivity contribution in [3.8, 4) is 6.07 Å². The lowest BCUT2D eigenvalue weighted by molar-refractivity contribution is 0.0448. The molecule has 0 saturated carbocycles. The lowest BCUT2D eigenvalue weighted by Gasteiger charge is -2.31. The summed E-state index contributed by atoms with van der Waals surface area (Å²) in [6.07, 6.45) is 4.25. The molecule has 1 saturated heterocycles. The smallest absolute Gasteiger partial charge is 0.331 e. The molecule has 1 aromatic carbocycles. The maximum Gasteiger partial charge on any atom is 0.331 e. The number of rotatable bonds is 3. The summed E-state index contributed by atoms with van der Waals surface area (Å²) in [5.74, 6) is 0.360. The maximum absolute atomic E-state index is 13.1. The first-order valence-electron chi connectivity index (χ1n) is 10.1. The van der Waals surface area contributed by atoms with Gasteiger partial charge in [0.25, 0.3) is 0 Å². The number of nitriles is 1. The Morgan fingerprint density at radius 1 is 1.26 bits per heavy atom. The van der Waals surface area contributed by atoms with Gasteiger partial charge in [-0.05, 0) is 30.7 Å². The minimum absolute atomic E-state index is 0.280. The van der Waals surface area contributed by atoms with Crippen molar-refractivity contribution < 1.29 is 4.74 Å². The Hall–Kier alpha value is -3.77. The highest BCUT2D eigenvalue weighted by atomic mass is 16.5. The number of hydrogen-bond donors (Lipinski definition) is 1. The van der Waals surface area contributed by atoms with Crippen LogP contribution in [-0.2, 0) is 17.3 Å². The van der Waals surface area contributed by atoms with Crippen LogP contribution in [0.4, 0.5) is 11.6 Å².